The van der Waals surface area contributed by atoms with E-state index in [2.05, 4.69) is 14.9 Å². The highest BCUT2D eigenvalue weighted by Gasteiger charge is 2.26. The number of piperidine rings is 1. The fourth-order valence-corrected chi connectivity index (χ4v) is 3.80. The third-order valence-electron chi connectivity index (χ3n) is 4.56. The molecule has 1 heterocycles. The normalized spacial score (nSPS) is 17.9. The lowest BCUT2D eigenvalue weighted by molar-refractivity contribution is 0.0936. The molecule has 2 rings (SSSR count). The van der Waals surface area contributed by atoms with E-state index in [1.54, 1.807) is 24.3 Å². The molecule has 146 valence electrons. The number of hydrogen-bond acceptors (Lipinski definition) is 4. The molecule has 1 aliphatic heterocycles. The Hall–Kier alpha value is -0.790. The maximum absolute atomic E-state index is 12.2. The summed E-state index contributed by atoms with van der Waals surface area (Å²) < 4.78 is 14.9. The Morgan fingerprint density at radius 1 is 1.35 bits per heavy atom. The lowest BCUT2D eigenvalue weighted by Gasteiger charge is -2.32. The molecule has 7 heteroatoms. The molecule has 1 fully saturated rings. The van der Waals surface area contributed by atoms with Gasteiger partial charge in [-0.2, -0.15) is 0 Å². The predicted molar refractivity (Wildman–Crippen MR) is 109 cm³/mol. The monoisotopic (exact) mass is 399 g/mol. The van der Waals surface area contributed by atoms with Crippen molar-refractivity contribution in [3.8, 4) is 0 Å². The van der Waals surface area contributed by atoms with Crippen LogP contribution < -0.4 is 10.0 Å². The Labute approximate surface area is 165 Å². The van der Waals surface area contributed by atoms with E-state index in [1.165, 1.54) is 0 Å². The molecule has 1 atom stereocenters. The average molecular weight is 400 g/mol. The number of rotatable bonds is 7. The highest BCUT2D eigenvalue weighted by Crippen LogP contribution is 2.17. The van der Waals surface area contributed by atoms with Crippen molar-refractivity contribution in [2.45, 2.75) is 38.4 Å². The van der Waals surface area contributed by atoms with E-state index in [1.807, 2.05) is 20.8 Å². The molecule has 1 aromatic carbocycles. The van der Waals surface area contributed by atoms with E-state index < -0.39 is 11.4 Å². The quantitative estimate of drug-likeness (QED) is 0.692. The molecule has 1 saturated heterocycles. The van der Waals surface area contributed by atoms with Gasteiger partial charge < -0.3 is 14.8 Å². The van der Waals surface area contributed by atoms with E-state index >= 15 is 0 Å². The first-order chi connectivity index (χ1) is 12.3. The molecule has 2 N–H and O–H groups in total. The number of nitrogens with zero attached hydrogens (tertiary/aromatic N) is 1. The van der Waals surface area contributed by atoms with Crippen molar-refractivity contribution in [3.05, 3.63) is 34.9 Å². The number of amides is 1. The van der Waals surface area contributed by atoms with Crippen molar-refractivity contribution < 1.29 is 9.35 Å². The first-order valence-electron chi connectivity index (χ1n) is 9.17. The van der Waals surface area contributed by atoms with Crippen molar-refractivity contribution in [2.75, 3.05) is 32.7 Å². The summed E-state index contributed by atoms with van der Waals surface area (Å²) in [6.45, 7) is 10.3. The molecular formula is C19H30ClN3O2S. The summed E-state index contributed by atoms with van der Waals surface area (Å²) in [4.78, 5) is 14.6. The van der Waals surface area contributed by atoms with E-state index in [0.717, 1.165) is 39.0 Å². The van der Waals surface area contributed by atoms with Crippen LogP contribution in [0.4, 0.5) is 0 Å². The van der Waals surface area contributed by atoms with E-state index in [-0.39, 0.29) is 10.7 Å². The maximum Gasteiger partial charge on any atom is 0.251 e. The lowest BCUT2D eigenvalue weighted by atomic mass is 9.96. The number of hydrogen-bond donors (Lipinski definition) is 2. The van der Waals surface area contributed by atoms with Gasteiger partial charge in [0.15, 0.2) is 0 Å². The molecule has 0 aromatic heterocycles. The summed E-state index contributed by atoms with van der Waals surface area (Å²) in [7, 11) is 0. The van der Waals surface area contributed by atoms with Crippen LogP contribution in [0.3, 0.4) is 0 Å². The summed E-state index contributed by atoms with van der Waals surface area (Å²) in [5.74, 6) is 0.440. The molecule has 0 radical (unpaired) electrons. The molecule has 1 aliphatic rings. The Morgan fingerprint density at radius 3 is 2.65 bits per heavy atom. The summed E-state index contributed by atoms with van der Waals surface area (Å²) in [5, 5.41) is 3.59. The minimum Gasteiger partial charge on any atom is -0.598 e. The van der Waals surface area contributed by atoms with Crippen molar-refractivity contribution in [1.29, 1.82) is 0 Å². The van der Waals surface area contributed by atoms with Gasteiger partial charge in [-0.05, 0) is 70.8 Å². The molecule has 1 amide bonds. The second kappa shape index (κ2) is 9.95. The van der Waals surface area contributed by atoms with Gasteiger partial charge in [-0.1, -0.05) is 17.7 Å². The Morgan fingerprint density at radius 2 is 2.04 bits per heavy atom. The zero-order chi connectivity index (χ0) is 19.2. The molecule has 1 aromatic rings. The first kappa shape index (κ1) is 21.5. The average Bonchev–Trinajstić information content (AvgIpc) is 2.60. The van der Waals surface area contributed by atoms with Gasteiger partial charge in [-0.15, -0.1) is 4.72 Å². The molecule has 5 nitrogen and oxygen atoms in total. The smallest absolute Gasteiger partial charge is 0.251 e. The molecule has 0 spiro atoms. The van der Waals surface area contributed by atoms with Crippen LogP contribution in [0.5, 0.6) is 0 Å². The number of benzene rings is 1. The highest BCUT2D eigenvalue weighted by atomic mass is 35.5. The molecule has 0 aliphatic carbocycles. The van der Waals surface area contributed by atoms with Crippen molar-refractivity contribution in [3.63, 3.8) is 0 Å². The summed E-state index contributed by atoms with van der Waals surface area (Å²) in [5.41, 5.74) is 0.604. The molecule has 1 unspecified atom stereocenters. The van der Waals surface area contributed by atoms with E-state index in [0.29, 0.717) is 23.0 Å². The second-order valence-corrected chi connectivity index (χ2v) is 10.3. The molecule has 26 heavy (non-hydrogen) atoms. The fraction of sp³-hybridized carbons (Fsp3) is 0.632. The maximum atomic E-state index is 12.2. The van der Waals surface area contributed by atoms with Gasteiger partial charge in [0.1, 0.15) is 4.75 Å². The predicted octanol–water partition coefficient (Wildman–Crippen LogP) is 2.83. The summed E-state index contributed by atoms with van der Waals surface area (Å²) >= 11 is 4.92. The van der Waals surface area contributed by atoms with Crippen LogP contribution in [0.25, 0.3) is 0 Å². The van der Waals surface area contributed by atoms with Crippen LogP contribution in [-0.4, -0.2) is 52.8 Å². The minimum absolute atomic E-state index is 0.0659. The summed E-state index contributed by atoms with van der Waals surface area (Å²) in [6, 6.07) is 7.02. The largest absolute Gasteiger partial charge is 0.598 e. The number of nitrogens with one attached hydrogen (secondary N) is 2. The zero-order valence-electron chi connectivity index (χ0n) is 15.9. The van der Waals surface area contributed by atoms with Gasteiger partial charge >= 0.3 is 0 Å². The van der Waals surface area contributed by atoms with Crippen LogP contribution >= 0.6 is 11.6 Å². The second-order valence-electron chi connectivity index (χ2n) is 7.78. The lowest BCUT2D eigenvalue weighted by Crippen LogP contribution is -2.45. The van der Waals surface area contributed by atoms with Crippen LogP contribution in [-0.2, 0) is 11.4 Å². The highest BCUT2D eigenvalue weighted by molar-refractivity contribution is 7.90. The van der Waals surface area contributed by atoms with Crippen LogP contribution in [0.15, 0.2) is 24.3 Å². The number of halogens is 1. The number of carbonyl (C=O) groups is 1. The van der Waals surface area contributed by atoms with E-state index in [4.69, 9.17) is 11.6 Å². The minimum atomic E-state index is -1.01. The molecular weight excluding hydrogens is 370 g/mol. The first-order valence-corrected chi connectivity index (χ1v) is 10.7. The Kier molecular flexibility index (Phi) is 8.23. The summed E-state index contributed by atoms with van der Waals surface area (Å²) in [6.07, 6.45) is 2.14. The number of likely N-dealkylation sites (tertiary alicyclic amines) is 1. The zero-order valence-corrected chi connectivity index (χ0v) is 17.5. The van der Waals surface area contributed by atoms with Gasteiger partial charge in [0.05, 0.1) is 6.54 Å². The van der Waals surface area contributed by atoms with Gasteiger partial charge in [-0.3, -0.25) is 4.79 Å². The van der Waals surface area contributed by atoms with Gasteiger partial charge in [0.25, 0.3) is 5.91 Å². The van der Waals surface area contributed by atoms with Crippen molar-refractivity contribution >= 4 is 28.9 Å². The molecule has 0 bridgehead atoms. The van der Waals surface area contributed by atoms with Crippen molar-refractivity contribution in [1.82, 2.24) is 14.9 Å². The Balaban J connectivity index is 1.63. The van der Waals surface area contributed by atoms with Crippen molar-refractivity contribution in [2.24, 2.45) is 5.92 Å². The van der Waals surface area contributed by atoms with Crippen LogP contribution in [0.2, 0.25) is 5.02 Å². The third kappa shape index (κ3) is 7.08. The molecule has 0 saturated carbocycles. The fourth-order valence-electron chi connectivity index (χ4n) is 2.90. The van der Waals surface area contributed by atoms with E-state index in [9.17, 15) is 9.35 Å². The SMILES string of the molecule is CC(C)(C)[S+]([O-])NCCN1CCC(CNC(=O)c2cccc(Cl)c2)CC1. The standard InChI is InChI=1S/C19H30ClN3O2S/c1-19(2,3)26(25)22-9-12-23-10-7-15(8-11-23)14-21-18(24)16-5-4-6-17(20)13-16/h4-6,13,15,22H,7-12,14H2,1-3H3,(H,21,24). The number of carbonyl (C=O) groups excluding carboxylic acids is 1. The van der Waals surface area contributed by atoms with Gasteiger partial charge in [0.2, 0.25) is 0 Å². The van der Waals surface area contributed by atoms with Crippen LogP contribution in [0, 0.1) is 5.92 Å². The van der Waals surface area contributed by atoms with Gasteiger partial charge in [-0.25, -0.2) is 0 Å². The topological polar surface area (TPSA) is 67.4 Å². The van der Waals surface area contributed by atoms with Crippen LogP contribution in [0.1, 0.15) is 44.0 Å². The van der Waals surface area contributed by atoms with Gasteiger partial charge in [0, 0.05) is 35.0 Å². The Bertz CT molecular complexity index is 586. The third-order valence-corrected chi connectivity index (χ3v) is 6.38.